The van der Waals surface area contributed by atoms with Gasteiger partial charge in [-0.1, -0.05) is 30.3 Å². The number of aliphatic hydroxyl groups excluding tert-OH is 2. The molecule has 11 heteroatoms. The lowest BCUT2D eigenvalue weighted by Crippen LogP contribution is -2.63. The Hall–Kier alpha value is -4.50. The zero-order chi connectivity index (χ0) is 29.8. The van der Waals surface area contributed by atoms with Gasteiger partial charge in [-0.3, -0.25) is 19.3 Å². The Labute approximate surface area is 235 Å². The van der Waals surface area contributed by atoms with Crippen molar-refractivity contribution in [3.8, 4) is 22.9 Å². The SMILES string of the molecule is CN(C)C1C(O)=C(C(N)=O)C(=O)[C@@]2(O)C(O)=C3C(=O)c4c(O)ccc(-c5ccc(CNCC#N)cc5)c4C[C@H]3C[C@@H]12. The highest BCUT2D eigenvalue weighted by Crippen LogP contribution is 2.53. The summed E-state index contributed by atoms with van der Waals surface area (Å²) in [5.41, 5.74) is 4.61. The van der Waals surface area contributed by atoms with E-state index in [1.807, 2.05) is 30.3 Å². The second-order valence-corrected chi connectivity index (χ2v) is 10.9. The summed E-state index contributed by atoms with van der Waals surface area (Å²) in [5, 5.41) is 56.5. The standard InChI is InChI=1S/C30H30N4O7/c1-34(2)24-19-12-16-11-18-17(15-5-3-14(4-6-15)13-33-10-9-31)7-8-20(35)22(18)25(36)21(16)27(38)30(19,41)28(39)23(26(24)37)29(32)40/h3-8,16,19,24,33,35,37-38,41H,10-13H2,1-2H3,(H2,32,40)/t16-,19-,24?,30-/m0/s1. The van der Waals surface area contributed by atoms with Crippen LogP contribution < -0.4 is 11.1 Å². The number of nitriles is 1. The molecule has 2 aromatic rings. The molecule has 11 nitrogen and oxygen atoms in total. The topological polar surface area (TPSA) is 197 Å². The Bertz CT molecular complexity index is 1580. The van der Waals surface area contributed by atoms with Crippen molar-refractivity contribution in [2.24, 2.45) is 17.6 Å². The first kappa shape index (κ1) is 28.0. The van der Waals surface area contributed by atoms with Crippen LogP contribution in [0.3, 0.4) is 0 Å². The molecule has 4 atom stereocenters. The maximum atomic E-state index is 13.9. The fourth-order valence-corrected chi connectivity index (χ4v) is 6.59. The molecule has 0 fully saturated rings. The van der Waals surface area contributed by atoms with Gasteiger partial charge in [0.05, 0.1) is 24.2 Å². The molecular weight excluding hydrogens is 528 g/mol. The number of phenols is 1. The molecule has 2 aromatic carbocycles. The quantitative estimate of drug-likeness (QED) is 0.171. The van der Waals surface area contributed by atoms with Gasteiger partial charge in [0, 0.05) is 18.0 Å². The first-order valence-electron chi connectivity index (χ1n) is 13.1. The number of likely N-dealkylation sites (N-methyl/N-ethyl adjacent to an activating group) is 1. The predicted octanol–water partition coefficient (Wildman–Crippen LogP) is 1.40. The van der Waals surface area contributed by atoms with Gasteiger partial charge in [0.25, 0.3) is 5.91 Å². The molecule has 0 aromatic heterocycles. The third-order valence-electron chi connectivity index (χ3n) is 8.40. The molecule has 1 unspecified atom stereocenters. The van der Waals surface area contributed by atoms with E-state index in [2.05, 4.69) is 5.32 Å². The van der Waals surface area contributed by atoms with Crippen LogP contribution in [0, 0.1) is 23.2 Å². The van der Waals surface area contributed by atoms with Crippen LogP contribution in [0.1, 0.15) is 27.9 Å². The summed E-state index contributed by atoms with van der Waals surface area (Å²) in [6.45, 7) is 0.720. The summed E-state index contributed by atoms with van der Waals surface area (Å²) in [4.78, 5) is 40.9. The fraction of sp³-hybridized carbons (Fsp3) is 0.333. The van der Waals surface area contributed by atoms with Crippen LogP contribution in [-0.2, 0) is 22.6 Å². The Morgan fingerprint density at radius 3 is 2.44 bits per heavy atom. The van der Waals surface area contributed by atoms with Gasteiger partial charge in [-0.2, -0.15) is 5.26 Å². The number of ketones is 2. The molecule has 5 rings (SSSR count). The molecule has 0 aliphatic heterocycles. The molecular formula is C30H30N4O7. The zero-order valence-corrected chi connectivity index (χ0v) is 22.5. The number of phenolic OH excluding ortho intramolecular Hbond substituents is 1. The Morgan fingerprint density at radius 1 is 1.15 bits per heavy atom. The lowest BCUT2D eigenvalue weighted by atomic mass is 9.58. The van der Waals surface area contributed by atoms with Crippen molar-refractivity contribution in [1.29, 1.82) is 5.26 Å². The van der Waals surface area contributed by atoms with E-state index in [0.29, 0.717) is 17.7 Å². The highest BCUT2D eigenvalue weighted by atomic mass is 16.3. The summed E-state index contributed by atoms with van der Waals surface area (Å²) in [6.07, 6.45) is 0.216. The van der Waals surface area contributed by atoms with Crippen molar-refractivity contribution in [2.75, 3.05) is 20.6 Å². The minimum absolute atomic E-state index is 0.0182. The van der Waals surface area contributed by atoms with Gasteiger partial charge in [0.2, 0.25) is 5.78 Å². The molecule has 0 bridgehead atoms. The van der Waals surface area contributed by atoms with Crippen LogP contribution in [0.5, 0.6) is 5.75 Å². The number of allylic oxidation sites excluding steroid dienone is 1. The fourth-order valence-electron chi connectivity index (χ4n) is 6.59. The number of aliphatic hydroxyl groups is 3. The maximum absolute atomic E-state index is 13.9. The molecule has 41 heavy (non-hydrogen) atoms. The number of fused-ring (bicyclic) bond motifs is 3. The smallest absolute Gasteiger partial charge is 0.255 e. The van der Waals surface area contributed by atoms with Crippen molar-refractivity contribution in [1.82, 2.24) is 10.2 Å². The lowest BCUT2D eigenvalue weighted by molar-refractivity contribution is -0.148. The van der Waals surface area contributed by atoms with E-state index in [1.54, 1.807) is 20.2 Å². The van der Waals surface area contributed by atoms with Crippen LogP contribution in [-0.4, -0.2) is 75.1 Å². The van der Waals surface area contributed by atoms with Gasteiger partial charge in [-0.15, -0.1) is 0 Å². The van der Waals surface area contributed by atoms with Crippen molar-refractivity contribution in [3.63, 3.8) is 0 Å². The minimum Gasteiger partial charge on any atom is -0.510 e. The number of benzene rings is 2. The number of nitrogens with one attached hydrogen (secondary N) is 1. The van der Waals surface area contributed by atoms with Gasteiger partial charge in [-0.05, 0) is 61.2 Å². The van der Waals surface area contributed by atoms with Crippen molar-refractivity contribution in [3.05, 3.63) is 75.8 Å². The van der Waals surface area contributed by atoms with Crippen LogP contribution in [0.15, 0.2) is 59.1 Å². The molecule has 3 aliphatic carbocycles. The Balaban J connectivity index is 1.62. The Kier molecular flexibility index (Phi) is 6.95. The summed E-state index contributed by atoms with van der Waals surface area (Å²) >= 11 is 0. The third-order valence-corrected chi connectivity index (χ3v) is 8.40. The number of aromatic hydroxyl groups is 1. The van der Waals surface area contributed by atoms with Crippen LogP contribution in [0.2, 0.25) is 0 Å². The highest BCUT2D eigenvalue weighted by molar-refractivity contribution is 6.24. The molecule has 1 amide bonds. The molecule has 3 aliphatic rings. The number of amides is 1. The first-order valence-corrected chi connectivity index (χ1v) is 13.1. The summed E-state index contributed by atoms with van der Waals surface area (Å²) in [6, 6.07) is 11.6. The molecule has 0 saturated carbocycles. The number of rotatable bonds is 6. The molecule has 0 radical (unpaired) electrons. The number of hydrogen-bond acceptors (Lipinski definition) is 10. The lowest BCUT2D eigenvalue weighted by Gasteiger charge is -2.50. The predicted molar refractivity (Wildman–Crippen MR) is 146 cm³/mol. The van der Waals surface area contributed by atoms with E-state index in [0.717, 1.165) is 11.1 Å². The van der Waals surface area contributed by atoms with Crippen molar-refractivity contribution >= 4 is 17.5 Å². The van der Waals surface area contributed by atoms with Gasteiger partial charge < -0.3 is 31.5 Å². The van der Waals surface area contributed by atoms with Crippen LogP contribution >= 0.6 is 0 Å². The second-order valence-electron chi connectivity index (χ2n) is 10.9. The van der Waals surface area contributed by atoms with E-state index in [4.69, 9.17) is 11.0 Å². The zero-order valence-electron chi connectivity index (χ0n) is 22.5. The number of nitrogens with zero attached hydrogens (tertiary/aromatic N) is 2. The van der Waals surface area contributed by atoms with E-state index < -0.39 is 58.0 Å². The van der Waals surface area contributed by atoms with Crippen molar-refractivity contribution < 1.29 is 34.8 Å². The van der Waals surface area contributed by atoms with Gasteiger partial charge in [-0.25, -0.2) is 0 Å². The summed E-state index contributed by atoms with van der Waals surface area (Å²) < 4.78 is 0. The average Bonchev–Trinajstić information content (AvgIpc) is 2.91. The van der Waals surface area contributed by atoms with Crippen LogP contribution in [0.4, 0.5) is 0 Å². The molecule has 212 valence electrons. The molecule has 0 saturated heterocycles. The largest absolute Gasteiger partial charge is 0.510 e. The number of hydrogen-bond donors (Lipinski definition) is 6. The normalized spacial score (nSPS) is 25.5. The molecule has 0 heterocycles. The summed E-state index contributed by atoms with van der Waals surface area (Å²) in [5.74, 6) is -6.82. The number of Topliss-reactive ketones (excluding diaryl/α,β-unsaturated/α-hetero) is 2. The molecule has 0 spiro atoms. The van der Waals surface area contributed by atoms with E-state index in [1.165, 1.54) is 11.0 Å². The monoisotopic (exact) mass is 558 g/mol. The third kappa shape index (κ3) is 4.19. The van der Waals surface area contributed by atoms with E-state index in [-0.39, 0.29) is 36.3 Å². The number of carbonyl (C=O) groups excluding carboxylic acids is 3. The van der Waals surface area contributed by atoms with Gasteiger partial charge in [0.1, 0.15) is 22.8 Å². The second kappa shape index (κ2) is 10.2. The molecule has 7 N–H and O–H groups in total. The van der Waals surface area contributed by atoms with Crippen LogP contribution in [0.25, 0.3) is 11.1 Å². The first-order chi connectivity index (χ1) is 19.4. The van der Waals surface area contributed by atoms with Crippen molar-refractivity contribution in [2.45, 2.75) is 31.0 Å². The number of primary amides is 1. The number of nitrogens with two attached hydrogens (primary N) is 1. The number of carbonyl (C=O) groups is 3. The average molecular weight is 559 g/mol. The Morgan fingerprint density at radius 2 is 1.83 bits per heavy atom. The highest BCUT2D eigenvalue weighted by Gasteiger charge is 2.63. The summed E-state index contributed by atoms with van der Waals surface area (Å²) in [7, 11) is 3.17. The minimum atomic E-state index is -2.67. The maximum Gasteiger partial charge on any atom is 0.255 e. The van der Waals surface area contributed by atoms with Gasteiger partial charge >= 0.3 is 0 Å². The van der Waals surface area contributed by atoms with E-state index in [9.17, 15) is 34.8 Å². The van der Waals surface area contributed by atoms with Gasteiger partial charge in [0.15, 0.2) is 11.4 Å². The van der Waals surface area contributed by atoms with E-state index >= 15 is 0 Å².